The number of rotatable bonds is 5. The highest BCUT2D eigenvalue weighted by molar-refractivity contribution is 6.74. The predicted molar refractivity (Wildman–Crippen MR) is 68.6 cm³/mol. The molecule has 0 aliphatic rings. The quantitative estimate of drug-likeness (QED) is 0.580. The molecule has 0 aromatic carbocycles. The Morgan fingerprint density at radius 3 is 2.20 bits per heavy atom. The number of hydrogen-bond donors (Lipinski definition) is 1. The fourth-order valence-corrected chi connectivity index (χ4v) is 1.90. The maximum Gasteiger partial charge on any atom is 0.192 e. The normalized spacial score (nSPS) is 14.5. The van der Waals surface area contributed by atoms with E-state index in [0.717, 1.165) is 6.42 Å². The molecule has 0 fully saturated rings. The Balaban J connectivity index is 4.31. The zero-order valence-corrected chi connectivity index (χ0v) is 12.1. The molecule has 0 saturated carbocycles. The first-order valence-corrected chi connectivity index (χ1v) is 8.58. The van der Waals surface area contributed by atoms with Crippen molar-refractivity contribution in [1.29, 1.82) is 0 Å². The second-order valence-corrected chi connectivity index (χ2v) is 10.3. The molecule has 90 valence electrons. The first kappa shape index (κ1) is 14.9. The van der Waals surface area contributed by atoms with Crippen LogP contribution in [0.15, 0.2) is 11.6 Å². The van der Waals surface area contributed by atoms with Gasteiger partial charge in [-0.15, -0.1) is 0 Å². The molecule has 15 heavy (non-hydrogen) atoms. The predicted octanol–water partition coefficient (Wildman–Crippen LogP) is 3.34. The van der Waals surface area contributed by atoms with E-state index in [1.165, 1.54) is 5.57 Å². The highest BCUT2D eigenvalue weighted by atomic mass is 28.4. The summed E-state index contributed by atoms with van der Waals surface area (Å²) in [6.07, 6.45) is 2.81. The van der Waals surface area contributed by atoms with Gasteiger partial charge in [0.2, 0.25) is 0 Å². The van der Waals surface area contributed by atoms with E-state index in [0.29, 0.717) is 6.61 Å². The van der Waals surface area contributed by atoms with Crippen LogP contribution >= 0.6 is 0 Å². The Morgan fingerprint density at radius 2 is 1.87 bits per heavy atom. The van der Waals surface area contributed by atoms with Crippen LogP contribution in [0.2, 0.25) is 18.1 Å². The van der Waals surface area contributed by atoms with Crippen LogP contribution in [0, 0.1) is 0 Å². The van der Waals surface area contributed by atoms with Gasteiger partial charge in [-0.25, -0.2) is 0 Å². The lowest BCUT2D eigenvalue weighted by Crippen LogP contribution is -2.41. The lowest BCUT2D eigenvalue weighted by atomic mass is 10.2. The van der Waals surface area contributed by atoms with E-state index in [1.54, 1.807) is 0 Å². The van der Waals surface area contributed by atoms with Gasteiger partial charge in [-0.05, 0) is 30.1 Å². The second kappa shape index (κ2) is 5.82. The molecule has 0 rings (SSSR count). The van der Waals surface area contributed by atoms with Gasteiger partial charge in [-0.3, -0.25) is 0 Å². The number of aliphatic hydroxyl groups is 1. The van der Waals surface area contributed by atoms with Gasteiger partial charge in [-0.1, -0.05) is 33.8 Å². The van der Waals surface area contributed by atoms with E-state index in [4.69, 9.17) is 9.53 Å². The maximum absolute atomic E-state index is 8.84. The summed E-state index contributed by atoms with van der Waals surface area (Å²) in [6.45, 7) is 14.1. The minimum Gasteiger partial charge on any atom is -0.413 e. The van der Waals surface area contributed by atoms with Crippen molar-refractivity contribution in [2.24, 2.45) is 0 Å². The van der Waals surface area contributed by atoms with Crippen molar-refractivity contribution in [3.05, 3.63) is 11.6 Å². The minimum atomic E-state index is -1.64. The van der Waals surface area contributed by atoms with E-state index in [-0.39, 0.29) is 11.6 Å². The lowest BCUT2D eigenvalue weighted by Gasteiger charge is -2.36. The molecule has 0 aliphatic carbocycles. The fraction of sp³-hybridized carbons (Fsp3) is 0.833. The largest absolute Gasteiger partial charge is 0.413 e. The Morgan fingerprint density at radius 1 is 1.33 bits per heavy atom. The third kappa shape index (κ3) is 4.95. The number of hydrogen-bond acceptors (Lipinski definition) is 2. The summed E-state index contributed by atoms with van der Waals surface area (Å²) in [5, 5.41) is 9.09. The summed E-state index contributed by atoms with van der Waals surface area (Å²) in [4.78, 5) is 0. The van der Waals surface area contributed by atoms with Crippen LogP contribution in [0.1, 0.15) is 34.1 Å². The molecule has 0 spiro atoms. The summed E-state index contributed by atoms with van der Waals surface area (Å²) in [7, 11) is -1.64. The molecular formula is C12H26O2Si. The second-order valence-electron chi connectivity index (χ2n) is 5.45. The summed E-state index contributed by atoms with van der Waals surface area (Å²) >= 11 is 0. The topological polar surface area (TPSA) is 29.5 Å². The highest BCUT2D eigenvalue weighted by Gasteiger charge is 2.36. The molecular weight excluding hydrogens is 204 g/mol. The Hall–Kier alpha value is -0.123. The summed E-state index contributed by atoms with van der Waals surface area (Å²) in [6, 6.07) is 0. The van der Waals surface area contributed by atoms with Gasteiger partial charge in [0.15, 0.2) is 8.32 Å². The van der Waals surface area contributed by atoms with Crippen molar-refractivity contribution in [3.63, 3.8) is 0 Å². The van der Waals surface area contributed by atoms with E-state index >= 15 is 0 Å². The average molecular weight is 230 g/mol. The third-order valence-electron chi connectivity index (χ3n) is 3.26. The molecule has 0 radical (unpaired) electrons. The molecule has 0 amide bonds. The van der Waals surface area contributed by atoms with Gasteiger partial charge in [0.05, 0.1) is 13.2 Å². The van der Waals surface area contributed by atoms with Gasteiger partial charge in [-0.2, -0.15) is 0 Å². The van der Waals surface area contributed by atoms with Crippen LogP contribution in [-0.2, 0) is 4.43 Å². The molecule has 0 aliphatic heterocycles. The Kier molecular flexibility index (Phi) is 5.78. The zero-order valence-electron chi connectivity index (χ0n) is 11.1. The lowest BCUT2D eigenvalue weighted by molar-refractivity contribution is 0.308. The fourth-order valence-electron chi connectivity index (χ4n) is 0.924. The summed E-state index contributed by atoms with van der Waals surface area (Å²) in [5.41, 5.74) is 1.20. The van der Waals surface area contributed by atoms with Gasteiger partial charge in [0.1, 0.15) is 0 Å². The van der Waals surface area contributed by atoms with E-state index in [2.05, 4.69) is 40.8 Å². The minimum absolute atomic E-state index is 0.115. The zero-order chi connectivity index (χ0) is 12.1. The van der Waals surface area contributed by atoms with Crippen molar-refractivity contribution in [2.75, 3.05) is 13.2 Å². The van der Waals surface area contributed by atoms with Crippen LogP contribution < -0.4 is 0 Å². The van der Waals surface area contributed by atoms with Crippen LogP contribution in [-0.4, -0.2) is 26.6 Å². The van der Waals surface area contributed by atoms with E-state index in [1.807, 2.05) is 6.08 Å². The molecule has 0 aromatic rings. The van der Waals surface area contributed by atoms with Gasteiger partial charge in [0.25, 0.3) is 0 Å². The smallest absolute Gasteiger partial charge is 0.192 e. The molecule has 0 saturated heterocycles. The Bertz CT molecular complexity index is 214. The Labute approximate surface area is 95.5 Å². The van der Waals surface area contributed by atoms with Crippen molar-refractivity contribution in [1.82, 2.24) is 0 Å². The standard InChI is InChI=1S/C12H26O2Si/c1-7-11(8-9-13)10-14-15(5,6)12(2,3)4/h8,13H,7,9-10H2,1-6H3/b11-8-. The molecule has 0 atom stereocenters. The first-order chi connectivity index (χ1) is 6.74. The van der Waals surface area contributed by atoms with Crippen molar-refractivity contribution < 1.29 is 9.53 Å². The van der Waals surface area contributed by atoms with Gasteiger partial charge < -0.3 is 9.53 Å². The van der Waals surface area contributed by atoms with E-state index in [9.17, 15) is 0 Å². The average Bonchev–Trinajstić information content (AvgIpc) is 2.10. The van der Waals surface area contributed by atoms with Crippen molar-refractivity contribution in [2.45, 2.75) is 52.2 Å². The maximum atomic E-state index is 8.84. The van der Waals surface area contributed by atoms with Crippen LogP contribution in [0.3, 0.4) is 0 Å². The molecule has 0 heterocycles. The summed E-state index contributed by atoms with van der Waals surface area (Å²) < 4.78 is 6.06. The van der Waals surface area contributed by atoms with Crippen molar-refractivity contribution in [3.8, 4) is 0 Å². The molecule has 1 N–H and O–H groups in total. The number of aliphatic hydroxyl groups excluding tert-OH is 1. The van der Waals surface area contributed by atoms with E-state index < -0.39 is 8.32 Å². The summed E-state index contributed by atoms with van der Waals surface area (Å²) in [5.74, 6) is 0. The monoisotopic (exact) mass is 230 g/mol. The van der Waals surface area contributed by atoms with Crippen LogP contribution in [0.25, 0.3) is 0 Å². The first-order valence-electron chi connectivity index (χ1n) is 5.67. The third-order valence-corrected chi connectivity index (χ3v) is 7.74. The molecule has 2 nitrogen and oxygen atoms in total. The molecule has 3 heteroatoms. The van der Waals surface area contributed by atoms with Crippen LogP contribution in [0.4, 0.5) is 0 Å². The SMILES string of the molecule is CC/C(=C/CO)CO[Si](C)(C)C(C)(C)C. The highest BCUT2D eigenvalue weighted by Crippen LogP contribution is 2.36. The van der Waals surface area contributed by atoms with Crippen LogP contribution in [0.5, 0.6) is 0 Å². The van der Waals surface area contributed by atoms with Crippen molar-refractivity contribution >= 4 is 8.32 Å². The van der Waals surface area contributed by atoms with Gasteiger partial charge in [0, 0.05) is 0 Å². The van der Waals surface area contributed by atoms with Gasteiger partial charge >= 0.3 is 0 Å². The molecule has 0 bridgehead atoms. The molecule has 0 unspecified atom stereocenters. The molecule has 0 aromatic heterocycles.